The zero-order valence-corrected chi connectivity index (χ0v) is 7.05. The van der Waals surface area contributed by atoms with Gasteiger partial charge in [0.25, 0.3) is 0 Å². The third-order valence-electron chi connectivity index (χ3n) is 0.898. The molecule has 0 rings (SSSR count). The summed E-state index contributed by atoms with van der Waals surface area (Å²) in [5.41, 5.74) is -0.435. The van der Waals surface area contributed by atoms with Crippen LogP contribution in [0.2, 0.25) is 0 Å². The number of nitrogens with zero attached hydrogens (tertiary/aromatic N) is 2. The Bertz CT molecular complexity index is 280. The van der Waals surface area contributed by atoms with Crippen molar-refractivity contribution >= 4 is 17.6 Å². The molecule has 0 atom stereocenters. The van der Waals surface area contributed by atoms with Gasteiger partial charge in [-0.1, -0.05) is 11.6 Å². The van der Waals surface area contributed by atoms with Crippen LogP contribution in [0.3, 0.4) is 0 Å². The van der Waals surface area contributed by atoms with E-state index in [1.54, 1.807) is 6.92 Å². The van der Waals surface area contributed by atoms with Gasteiger partial charge in [0.15, 0.2) is 10.6 Å². The van der Waals surface area contributed by atoms with E-state index < -0.39 is 16.6 Å². The molecular formula is C7H5ClN2O2. The van der Waals surface area contributed by atoms with Crippen LogP contribution < -0.4 is 0 Å². The van der Waals surface area contributed by atoms with Crippen molar-refractivity contribution in [3.8, 4) is 12.1 Å². The summed E-state index contributed by atoms with van der Waals surface area (Å²) in [6.07, 6.45) is 0. The van der Waals surface area contributed by atoms with E-state index in [1.807, 2.05) is 0 Å². The van der Waals surface area contributed by atoms with E-state index in [9.17, 15) is 4.79 Å². The molecule has 0 bridgehead atoms. The molecule has 0 spiro atoms. The third-order valence-corrected chi connectivity index (χ3v) is 1.24. The van der Waals surface area contributed by atoms with Crippen LogP contribution in [-0.4, -0.2) is 12.6 Å². The summed E-state index contributed by atoms with van der Waals surface area (Å²) in [6.45, 7) is 1.75. The number of esters is 1. The van der Waals surface area contributed by atoms with Crippen molar-refractivity contribution in [1.82, 2.24) is 0 Å². The molecule has 0 heterocycles. The SMILES string of the molecule is CCOC(=O)C(Cl)=C(C#N)C#N. The second-order valence-electron chi connectivity index (χ2n) is 1.63. The fourth-order valence-electron chi connectivity index (χ4n) is 0.420. The summed E-state index contributed by atoms with van der Waals surface area (Å²) in [5.74, 6) is -0.850. The third kappa shape index (κ3) is 2.61. The van der Waals surface area contributed by atoms with E-state index in [-0.39, 0.29) is 6.61 Å². The summed E-state index contributed by atoms with van der Waals surface area (Å²) >= 11 is 5.34. The van der Waals surface area contributed by atoms with Crippen LogP contribution in [0.5, 0.6) is 0 Å². The Morgan fingerprint density at radius 1 is 1.50 bits per heavy atom. The van der Waals surface area contributed by atoms with Crippen molar-refractivity contribution in [2.45, 2.75) is 6.92 Å². The molecule has 0 aromatic carbocycles. The largest absolute Gasteiger partial charge is 0.462 e. The van der Waals surface area contributed by atoms with E-state index in [2.05, 4.69) is 4.74 Å². The fraction of sp³-hybridized carbons (Fsp3) is 0.286. The van der Waals surface area contributed by atoms with E-state index in [0.29, 0.717) is 0 Å². The number of carbonyl (C=O) groups excluding carboxylic acids is 1. The van der Waals surface area contributed by atoms with Gasteiger partial charge in [0.2, 0.25) is 0 Å². The van der Waals surface area contributed by atoms with Gasteiger partial charge >= 0.3 is 5.97 Å². The normalized spacial score (nSPS) is 7.67. The maximum atomic E-state index is 10.8. The van der Waals surface area contributed by atoms with Gasteiger partial charge in [-0.15, -0.1) is 0 Å². The molecule has 0 aliphatic heterocycles. The number of hydrogen-bond donors (Lipinski definition) is 0. The molecule has 0 aromatic rings. The van der Waals surface area contributed by atoms with Crippen molar-refractivity contribution in [3.05, 3.63) is 10.6 Å². The Kier molecular flexibility index (Phi) is 4.52. The predicted molar refractivity (Wildman–Crippen MR) is 40.7 cm³/mol. The minimum absolute atomic E-state index is 0.152. The number of hydrogen-bond acceptors (Lipinski definition) is 4. The molecule has 0 radical (unpaired) electrons. The predicted octanol–water partition coefficient (Wildman–Crippen LogP) is 1.09. The van der Waals surface area contributed by atoms with Crippen molar-refractivity contribution < 1.29 is 9.53 Å². The van der Waals surface area contributed by atoms with Crippen LogP contribution in [0.25, 0.3) is 0 Å². The summed E-state index contributed by atoms with van der Waals surface area (Å²) in [7, 11) is 0. The summed E-state index contributed by atoms with van der Waals surface area (Å²) in [6, 6.07) is 2.95. The minimum Gasteiger partial charge on any atom is -0.462 e. The van der Waals surface area contributed by atoms with E-state index in [4.69, 9.17) is 22.1 Å². The number of rotatable bonds is 2. The Morgan fingerprint density at radius 2 is 2.00 bits per heavy atom. The lowest BCUT2D eigenvalue weighted by Crippen LogP contribution is -2.05. The van der Waals surface area contributed by atoms with Crippen LogP contribution in [-0.2, 0) is 9.53 Å². The molecule has 0 aromatic heterocycles. The Balaban J connectivity index is 4.69. The quantitative estimate of drug-likeness (QED) is 0.366. The minimum atomic E-state index is -0.850. The summed E-state index contributed by atoms with van der Waals surface area (Å²) in [4.78, 5) is 10.8. The van der Waals surface area contributed by atoms with Crippen LogP contribution >= 0.6 is 11.6 Å². The average Bonchev–Trinajstić information content (AvgIpc) is 2.07. The van der Waals surface area contributed by atoms with Gasteiger partial charge in [-0.3, -0.25) is 0 Å². The molecule has 0 aliphatic rings. The van der Waals surface area contributed by atoms with Gasteiger partial charge in [-0.05, 0) is 6.92 Å². The average molecular weight is 185 g/mol. The second kappa shape index (κ2) is 5.17. The van der Waals surface area contributed by atoms with E-state index in [1.165, 1.54) is 12.1 Å². The first-order valence-corrected chi connectivity index (χ1v) is 3.42. The highest BCUT2D eigenvalue weighted by Crippen LogP contribution is 2.09. The number of halogens is 1. The Morgan fingerprint density at radius 3 is 2.33 bits per heavy atom. The first-order chi connectivity index (χ1) is 5.67. The molecule has 62 valence electrons. The number of ether oxygens (including phenoxy) is 1. The topological polar surface area (TPSA) is 73.9 Å². The first kappa shape index (κ1) is 10.5. The van der Waals surface area contributed by atoms with Crippen molar-refractivity contribution in [2.24, 2.45) is 0 Å². The first-order valence-electron chi connectivity index (χ1n) is 3.04. The number of allylic oxidation sites excluding steroid dienone is 1. The summed E-state index contributed by atoms with van der Waals surface area (Å²) < 4.78 is 4.46. The molecule has 4 nitrogen and oxygen atoms in total. The van der Waals surface area contributed by atoms with Crippen LogP contribution in [0.1, 0.15) is 6.92 Å². The Labute approximate surface area is 74.6 Å². The number of carbonyl (C=O) groups is 1. The van der Waals surface area contributed by atoms with Gasteiger partial charge in [-0.2, -0.15) is 10.5 Å². The number of nitriles is 2. The molecule has 0 aliphatic carbocycles. The maximum Gasteiger partial charge on any atom is 0.351 e. The molecule has 5 heteroatoms. The highest BCUT2D eigenvalue weighted by molar-refractivity contribution is 6.42. The molecule has 0 saturated carbocycles. The Hall–Kier alpha value is -1.52. The highest BCUT2D eigenvalue weighted by atomic mass is 35.5. The fourth-order valence-corrected chi connectivity index (χ4v) is 0.559. The van der Waals surface area contributed by atoms with Crippen molar-refractivity contribution in [1.29, 1.82) is 10.5 Å². The second-order valence-corrected chi connectivity index (χ2v) is 2.01. The van der Waals surface area contributed by atoms with E-state index in [0.717, 1.165) is 0 Å². The highest BCUT2D eigenvalue weighted by Gasteiger charge is 2.13. The van der Waals surface area contributed by atoms with Crippen LogP contribution in [0.15, 0.2) is 10.6 Å². The standard InChI is InChI=1S/C7H5ClN2O2/c1-2-12-7(11)6(8)5(3-9)4-10/h2H2,1H3. The molecule has 0 unspecified atom stereocenters. The van der Waals surface area contributed by atoms with E-state index >= 15 is 0 Å². The summed E-state index contributed by atoms with van der Waals surface area (Å²) in [5, 5.41) is 16.1. The van der Waals surface area contributed by atoms with Crippen LogP contribution in [0.4, 0.5) is 0 Å². The monoisotopic (exact) mass is 184 g/mol. The van der Waals surface area contributed by atoms with Gasteiger partial charge in [-0.25, -0.2) is 4.79 Å². The smallest absolute Gasteiger partial charge is 0.351 e. The van der Waals surface area contributed by atoms with Crippen molar-refractivity contribution in [2.75, 3.05) is 6.61 Å². The zero-order chi connectivity index (χ0) is 9.56. The van der Waals surface area contributed by atoms with Gasteiger partial charge in [0.05, 0.1) is 6.61 Å². The lowest BCUT2D eigenvalue weighted by atomic mass is 10.3. The molecule has 0 N–H and O–H groups in total. The van der Waals surface area contributed by atoms with Crippen LogP contribution in [0, 0.1) is 22.7 Å². The molecule has 0 saturated heterocycles. The van der Waals surface area contributed by atoms with Gasteiger partial charge in [0.1, 0.15) is 12.1 Å². The van der Waals surface area contributed by atoms with Crippen molar-refractivity contribution in [3.63, 3.8) is 0 Å². The van der Waals surface area contributed by atoms with Gasteiger partial charge < -0.3 is 4.74 Å². The molecular weight excluding hydrogens is 180 g/mol. The molecule has 12 heavy (non-hydrogen) atoms. The zero-order valence-electron chi connectivity index (χ0n) is 6.30. The molecule has 0 amide bonds. The lowest BCUT2D eigenvalue weighted by molar-refractivity contribution is -0.137. The molecule has 0 fully saturated rings. The lowest BCUT2D eigenvalue weighted by Gasteiger charge is -1.97. The maximum absolute atomic E-state index is 10.8. The van der Waals surface area contributed by atoms with Gasteiger partial charge in [0, 0.05) is 0 Å².